The van der Waals surface area contributed by atoms with E-state index in [1.165, 1.54) is 0 Å². The fourth-order valence-electron chi connectivity index (χ4n) is 3.17. The molecule has 25 heavy (non-hydrogen) atoms. The number of ether oxygens (including phenoxy) is 1. The molecule has 1 saturated heterocycles. The molecule has 0 atom stereocenters. The van der Waals surface area contributed by atoms with E-state index < -0.39 is 0 Å². The van der Waals surface area contributed by atoms with Gasteiger partial charge >= 0.3 is 0 Å². The Balaban J connectivity index is 1.50. The smallest absolute Gasteiger partial charge is 0.223 e. The van der Waals surface area contributed by atoms with E-state index in [1.807, 2.05) is 47.4 Å². The lowest BCUT2D eigenvalue weighted by molar-refractivity contribution is -0.131. The normalized spacial score (nSPS) is 14.4. The van der Waals surface area contributed by atoms with Crippen molar-refractivity contribution in [1.29, 1.82) is 0 Å². The average Bonchev–Trinajstić information content (AvgIpc) is 2.67. The van der Waals surface area contributed by atoms with Crippen LogP contribution in [0.4, 0.5) is 5.69 Å². The van der Waals surface area contributed by atoms with Gasteiger partial charge in [-0.2, -0.15) is 0 Å². The monoisotopic (exact) mass is 340 g/mol. The third-order valence-corrected chi connectivity index (χ3v) is 4.62. The second-order valence-corrected chi connectivity index (χ2v) is 6.21. The van der Waals surface area contributed by atoms with Crippen molar-refractivity contribution in [1.82, 2.24) is 4.90 Å². The van der Waals surface area contributed by atoms with Crippen molar-refractivity contribution in [3.63, 3.8) is 0 Å². The third kappa shape index (κ3) is 4.24. The molecule has 1 N–H and O–H groups in total. The fourth-order valence-corrected chi connectivity index (χ4v) is 3.17. The van der Waals surface area contributed by atoms with Crippen LogP contribution in [0.5, 0.6) is 11.5 Å². The quantitative estimate of drug-likeness (QED) is 0.909. The molecular weight excluding hydrogens is 316 g/mol. The number of piperazine rings is 1. The molecule has 0 aliphatic carbocycles. The van der Waals surface area contributed by atoms with Crippen molar-refractivity contribution in [3.05, 3.63) is 54.1 Å². The SMILES string of the molecule is COc1cccc(CCC(=O)N2CCN(c3ccccc3O)CC2)c1. The minimum absolute atomic E-state index is 0.180. The van der Waals surface area contributed by atoms with Gasteiger partial charge < -0.3 is 19.6 Å². The molecule has 1 aliphatic heterocycles. The first-order valence-electron chi connectivity index (χ1n) is 8.61. The molecule has 2 aromatic rings. The summed E-state index contributed by atoms with van der Waals surface area (Å²) in [5.41, 5.74) is 1.95. The maximum Gasteiger partial charge on any atom is 0.223 e. The Hall–Kier alpha value is -2.69. The number of phenols is 1. The van der Waals surface area contributed by atoms with Gasteiger partial charge in [-0.05, 0) is 36.2 Å². The summed E-state index contributed by atoms with van der Waals surface area (Å²) in [6.45, 7) is 2.85. The average molecular weight is 340 g/mol. The van der Waals surface area contributed by atoms with Crippen LogP contribution in [0.3, 0.4) is 0 Å². The molecule has 1 aliphatic rings. The summed E-state index contributed by atoms with van der Waals surface area (Å²) in [5.74, 6) is 1.29. The van der Waals surface area contributed by atoms with Gasteiger partial charge in [0.1, 0.15) is 11.5 Å². The number of anilines is 1. The largest absolute Gasteiger partial charge is 0.506 e. The van der Waals surface area contributed by atoms with Gasteiger partial charge in [-0.15, -0.1) is 0 Å². The lowest BCUT2D eigenvalue weighted by Gasteiger charge is -2.36. The molecule has 0 bridgehead atoms. The maximum atomic E-state index is 12.5. The van der Waals surface area contributed by atoms with E-state index >= 15 is 0 Å². The Morgan fingerprint density at radius 2 is 1.84 bits per heavy atom. The zero-order valence-corrected chi connectivity index (χ0v) is 14.5. The van der Waals surface area contributed by atoms with Gasteiger partial charge in [-0.3, -0.25) is 4.79 Å². The van der Waals surface area contributed by atoms with Crippen LogP contribution in [-0.4, -0.2) is 49.2 Å². The molecule has 1 amide bonds. The molecule has 2 aromatic carbocycles. The molecule has 3 rings (SSSR count). The van der Waals surface area contributed by atoms with E-state index in [1.54, 1.807) is 13.2 Å². The summed E-state index contributed by atoms with van der Waals surface area (Å²) in [4.78, 5) is 16.5. The summed E-state index contributed by atoms with van der Waals surface area (Å²) in [5, 5.41) is 9.96. The number of methoxy groups -OCH3 is 1. The van der Waals surface area contributed by atoms with E-state index in [0.717, 1.165) is 36.5 Å². The first-order valence-corrected chi connectivity index (χ1v) is 8.61. The summed E-state index contributed by atoms with van der Waals surface area (Å²) < 4.78 is 5.22. The topological polar surface area (TPSA) is 53.0 Å². The van der Waals surface area contributed by atoms with E-state index in [9.17, 15) is 9.90 Å². The van der Waals surface area contributed by atoms with Crippen molar-refractivity contribution in [2.45, 2.75) is 12.8 Å². The standard InChI is InChI=1S/C20H24N2O3/c1-25-17-6-4-5-16(15-17)9-10-20(24)22-13-11-21(12-14-22)18-7-2-3-8-19(18)23/h2-8,15,23H,9-14H2,1H3. The van der Waals surface area contributed by atoms with Crippen molar-refractivity contribution in [2.24, 2.45) is 0 Å². The molecule has 0 saturated carbocycles. The van der Waals surface area contributed by atoms with Crippen LogP contribution in [0.2, 0.25) is 0 Å². The lowest BCUT2D eigenvalue weighted by atomic mass is 10.1. The zero-order valence-electron chi connectivity index (χ0n) is 14.5. The summed E-state index contributed by atoms with van der Waals surface area (Å²) in [6.07, 6.45) is 1.22. The van der Waals surface area contributed by atoms with Crippen LogP contribution in [0.1, 0.15) is 12.0 Å². The number of amides is 1. The zero-order chi connectivity index (χ0) is 17.6. The first-order chi connectivity index (χ1) is 12.2. The molecule has 132 valence electrons. The van der Waals surface area contributed by atoms with Gasteiger partial charge in [0.2, 0.25) is 5.91 Å². The Morgan fingerprint density at radius 1 is 1.08 bits per heavy atom. The highest BCUT2D eigenvalue weighted by molar-refractivity contribution is 5.77. The van der Waals surface area contributed by atoms with Crippen LogP contribution in [0.15, 0.2) is 48.5 Å². The number of aryl methyl sites for hydroxylation is 1. The third-order valence-electron chi connectivity index (χ3n) is 4.62. The van der Waals surface area contributed by atoms with Crippen LogP contribution in [0, 0.1) is 0 Å². The molecule has 1 fully saturated rings. The number of para-hydroxylation sites is 2. The minimum atomic E-state index is 0.180. The number of hydrogen-bond acceptors (Lipinski definition) is 4. The Kier molecular flexibility index (Phi) is 5.43. The van der Waals surface area contributed by atoms with E-state index in [0.29, 0.717) is 25.3 Å². The molecule has 5 heteroatoms. The summed E-state index contributed by atoms with van der Waals surface area (Å²) in [6, 6.07) is 15.2. The number of hydrogen-bond donors (Lipinski definition) is 1. The van der Waals surface area contributed by atoms with Crippen molar-refractivity contribution in [2.75, 3.05) is 38.2 Å². The molecular formula is C20H24N2O3. The van der Waals surface area contributed by atoms with Gasteiger partial charge in [-0.25, -0.2) is 0 Å². The van der Waals surface area contributed by atoms with Gasteiger partial charge in [0.05, 0.1) is 12.8 Å². The summed E-state index contributed by atoms with van der Waals surface area (Å²) >= 11 is 0. The molecule has 0 unspecified atom stereocenters. The van der Waals surface area contributed by atoms with Gasteiger partial charge in [0, 0.05) is 32.6 Å². The highest BCUT2D eigenvalue weighted by Crippen LogP contribution is 2.27. The molecule has 0 radical (unpaired) electrons. The first kappa shape index (κ1) is 17.1. The van der Waals surface area contributed by atoms with Crippen molar-refractivity contribution < 1.29 is 14.6 Å². The van der Waals surface area contributed by atoms with E-state index in [2.05, 4.69) is 4.90 Å². The molecule has 0 spiro atoms. The van der Waals surface area contributed by atoms with Gasteiger partial charge in [0.15, 0.2) is 0 Å². The number of phenolic OH excluding ortho intramolecular Hbond substituents is 1. The predicted molar refractivity (Wildman–Crippen MR) is 98.2 cm³/mol. The summed E-state index contributed by atoms with van der Waals surface area (Å²) in [7, 11) is 1.65. The van der Waals surface area contributed by atoms with E-state index in [-0.39, 0.29) is 5.91 Å². The van der Waals surface area contributed by atoms with Gasteiger partial charge in [0.25, 0.3) is 0 Å². The molecule has 5 nitrogen and oxygen atoms in total. The molecule has 0 aromatic heterocycles. The maximum absolute atomic E-state index is 12.5. The second-order valence-electron chi connectivity index (χ2n) is 6.21. The highest BCUT2D eigenvalue weighted by atomic mass is 16.5. The number of nitrogens with zero attached hydrogens (tertiary/aromatic N) is 2. The predicted octanol–water partition coefficient (Wildman–Crippen LogP) is 2.68. The Bertz CT molecular complexity index is 724. The van der Waals surface area contributed by atoms with Gasteiger partial charge in [-0.1, -0.05) is 24.3 Å². The lowest BCUT2D eigenvalue weighted by Crippen LogP contribution is -2.48. The number of aromatic hydroxyl groups is 1. The van der Waals surface area contributed by atoms with Crippen LogP contribution >= 0.6 is 0 Å². The molecule has 1 heterocycles. The second kappa shape index (κ2) is 7.92. The van der Waals surface area contributed by atoms with Crippen LogP contribution in [-0.2, 0) is 11.2 Å². The number of benzene rings is 2. The highest BCUT2D eigenvalue weighted by Gasteiger charge is 2.22. The Labute approximate surface area is 148 Å². The van der Waals surface area contributed by atoms with Crippen LogP contribution in [0.25, 0.3) is 0 Å². The minimum Gasteiger partial charge on any atom is -0.506 e. The number of carbonyl (C=O) groups excluding carboxylic acids is 1. The fraction of sp³-hybridized carbons (Fsp3) is 0.350. The van der Waals surface area contributed by atoms with E-state index in [4.69, 9.17) is 4.74 Å². The Morgan fingerprint density at radius 3 is 2.56 bits per heavy atom. The number of rotatable bonds is 5. The van der Waals surface area contributed by atoms with Crippen molar-refractivity contribution >= 4 is 11.6 Å². The van der Waals surface area contributed by atoms with Crippen molar-refractivity contribution in [3.8, 4) is 11.5 Å². The van der Waals surface area contributed by atoms with Crippen LogP contribution < -0.4 is 9.64 Å². The number of carbonyl (C=O) groups is 1.